The number of hydrogen-bond acceptors (Lipinski definition) is 8. The van der Waals surface area contributed by atoms with Gasteiger partial charge in [-0.15, -0.1) is 0 Å². The molecular formula is C39H44N8O4. The molecule has 264 valence electrons. The van der Waals surface area contributed by atoms with Crippen molar-refractivity contribution in [2.75, 3.05) is 18.4 Å². The summed E-state index contributed by atoms with van der Waals surface area (Å²) in [6, 6.07) is 13.5. The lowest BCUT2D eigenvalue weighted by Crippen LogP contribution is -2.52. The molecule has 3 atom stereocenters. The van der Waals surface area contributed by atoms with Gasteiger partial charge in [-0.25, -0.2) is 4.98 Å². The number of anilines is 1. The van der Waals surface area contributed by atoms with Gasteiger partial charge in [0.15, 0.2) is 0 Å². The summed E-state index contributed by atoms with van der Waals surface area (Å²) in [6.07, 6.45) is 15.0. The van der Waals surface area contributed by atoms with Crippen LogP contribution in [0.5, 0.6) is 0 Å². The third kappa shape index (κ3) is 6.96. The first kappa shape index (κ1) is 33.0. The normalized spacial score (nSPS) is 22.7. The summed E-state index contributed by atoms with van der Waals surface area (Å²) < 4.78 is 2.03. The molecule has 12 heteroatoms. The Balaban J connectivity index is 0.791. The van der Waals surface area contributed by atoms with Crippen molar-refractivity contribution in [2.24, 2.45) is 5.92 Å². The fourth-order valence-corrected chi connectivity index (χ4v) is 8.47. The van der Waals surface area contributed by atoms with E-state index in [0.717, 1.165) is 91.6 Å². The minimum Gasteiger partial charge on any atom is -0.382 e. The third-order valence-electron chi connectivity index (χ3n) is 11.3. The zero-order valence-corrected chi connectivity index (χ0v) is 28.8. The van der Waals surface area contributed by atoms with Gasteiger partial charge in [-0.05, 0) is 75.1 Å². The molecule has 2 saturated heterocycles. The molecule has 51 heavy (non-hydrogen) atoms. The minimum atomic E-state index is -0.620. The first-order valence-corrected chi connectivity index (χ1v) is 18.5. The Bertz CT molecular complexity index is 1970. The number of carbonyl (C=O) groups excluding carboxylic acids is 4. The first-order valence-electron chi connectivity index (χ1n) is 18.5. The smallest absolute Gasteiger partial charge is 0.255 e. The van der Waals surface area contributed by atoms with Crippen LogP contribution < -0.4 is 10.6 Å². The molecule has 5 heterocycles. The van der Waals surface area contributed by atoms with E-state index in [1.807, 2.05) is 64.4 Å². The van der Waals surface area contributed by atoms with Crippen molar-refractivity contribution in [3.63, 3.8) is 0 Å². The van der Waals surface area contributed by atoms with Gasteiger partial charge in [0, 0.05) is 67.1 Å². The van der Waals surface area contributed by atoms with E-state index in [2.05, 4.69) is 20.7 Å². The van der Waals surface area contributed by atoms with Crippen molar-refractivity contribution in [1.29, 1.82) is 0 Å². The van der Waals surface area contributed by atoms with E-state index in [9.17, 15) is 19.2 Å². The molecule has 8 rings (SSSR count). The number of amides is 4. The third-order valence-corrected chi connectivity index (χ3v) is 11.3. The monoisotopic (exact) mass is 688 g/mol. The Morgan fingerprint density at radius 1 is 0.941 bits per heavy atom. The fourth-order valence-electron chi connectivity index (χ4n) is 8.47. The molecule has 2 aromatic carbocycles. The Morgan fingerprint density at radius 2 is 1.78 bits per heavy atom. The van der Waals surface area contributed by atoms with Crippen molar-refractivity contribution < 1.29 is 19.2 Å². The highest BCUT2D eigenvalue weighted by molar-refractivity contribution is 6.06. The number of imide groups is 1. The predicted molar refractivity (Wildman–Crippen MR) is 191 cm³/mol. The quantitative estimate of drug-likeness (QED) is 0.227. The van der Waals surface area contributed by atoms with E-state index in [1.54, 1.807) is 11.1 Å². The van der Waals surface area contributed by atoms with Crippen molar-refractivity contribution in [2.45, 2.75) is 95.3 Å². The molecule has 3 fully saturated rings. The van der Waals surface area contributed by atoms with Crippen molar-refractivity contribution >= 4 is 40.3 Å². The van der Waals surface area contributed by atoms with E-state index in [-0.39, 0.29) is 30.2 Å². The summed E-state index contributed by atoms with van der Waals surface area (Å²) in [5, 5.41) is 10.8. The molecular weight excluding hydrogens is 644 g/mol. The fraction of sp³-hybridized carbons (Fsp3) is 0.462. The second-order valence-corrected chi connectivity index (χ2v) is 14.6. The molecule has 0 bridgehead atoms. The van der Waals surface area contributed by atoms with Crippen LogP contribution in [0.4, 0.5) is 5.69 Å². The Morgan fingerprint density at radius 3 is 2.63 bits per heavy atom. The van der Waals surface area contributed by atoms with Crippen LogP contribution in [0.3, 0.4) is 0 Å². The standard InChI is InChI=1S/C39H44N8O4/c48-36-15-14-35(38(50)44-36)46-24-30-29(39(46)51)9-5-12-31(30)42-27-8-3-6-25(20-27)7-4-13-37(49)45-18-16-28(17-19-45)47-23-26(21-41-47)34-22-40-32-10-1-2-11-33(32)43-34/h1-2,5,9-12,21-23,25,27-28,35,42H,3-4,6-8,13-20,24H2,(H,44,48,50). The second kappa shape index (κ2) is 14.2. The molecule has 0 radical (unpaired) electrons. The zero-order chi connectivity index (χ0) is 34.9. The van der Waals surface area contributed by atoms with Gasteiger partial charge >= 0.3 is 0 Å². The molecule has 12 nitrogen and oxygen atoms in total. The topological polar surface area (TPSA) is 142 Å². The molecule has 2 aromatic heterocycles. The van der Waals surface area contributed by atoms with Gasteiger partial charge in [-0.3, -0.25) is 34.2 Å². The summed E-state index contributed by atoms with van der Waals surface area (Å²) in [6.45, 7) is 1.85. The lowest BCUT2D eigenvalue weighted by atomic mass is 9.82. The molecule has 2 N–H and O–H groups in total. The van der Waals surface area contributed by atoms with Crippen LogP contribution in [0, 0.1) is 5.92 Å². The van der Waals surface area contributed by atoms with E-state index in [4.69, 9.17) is 4.98 Å². The summed E-state index contributed by atoms with van der Waals surface area (Å²) >= 11 is 0. The molecule has 3 aliphatic heterocycles. The summed E-state index contributed by atoms with van der Waals surface area (Å²) in [4.78, 5) is 63.6. The number of piperidine rings is 2. The first-order chi connectivity index (χ1) is 24.9. The minimum absolute atomic E-state index is 0.151. The van der Waals surface area contributed by atoms with E-state index in [0.29, 0.717) is 36.9 Å². The number of likely N-dealkylation sites (tertiary alicyclic amines) is 1. The molecule has 1 saturated carbocycles. The van der Waals surface area contributed by atoms with Gasteiger partial charge in [0.2, 0.25) is 17.7 Å². The number of carbonyl (C=O) groups is 4. The maximum Gasteiger partial charge on any atom is 0.255 e. The highest BCUT2D eigenvalue weighted by Crippen LogP contribution is 2.36. The Kier molecular flexibility index (Phi) is 9.23. The van der Waals surface area contributed by atoms with E-state index < -0.39 is 11.9 Å². The number of nitrogens with one attached hydrogen (secondary N) is 2. The summed E-state index contributed by atoms with van der Waals surface area (Å²) in [5.41, 5.74) is 6.01. The largest absolute Gasteiger partial charge is 0.382 e. The van der Waals surface area contributed by atoms with Crippen molar-refractivity contribution in [3.05, 3.63) is 72.2 Å². The van der Waals surface area contributed by atoms with Crippen LogP contribution in [0.2, 0.25) is 0 Å². The Hall–Kier alpha value is -5.13. The van der Waals surface area contributed by atoms with Gasteiger partial charge < -0.3 is 15.1 Å². The van der Waals surface area contributed by atoms with Gasteiger partial charge in [-0.2, -0.15) is 5.10 Å². The maximum atomic E-state index is 13.3. The molecule has 3 unspecified atom stereocenters. The second-order valence-electron chi connectivity index (χ2n) is 14.6. The maximum absolute atomic E-state index is 13.3. The summed E-state index contributed by atoms with van der Waals surface area (Å²) in [7, 11) is 0. The predicted octanol–water partition coefficient (Wildman–Crippen LogP) is 5.26. The lowest BCUT2D eigenvalue weighted by molar-refractivity contribution is -0.137. The van der Waals surface area contributed by atoms with Crippen LogP contribution in [-0.4, -0.2) is 78.4 Å². The van der Waals surface area contributed by atoms with E-state index in [1.165, 1.54) is 6.42 Å². The Labute approximate surface area is 297 Å². The molecule has 4 aromatic rings. The molecule has 1 aliphatic carbocycles. The molecule has 4 aliphatic rings. The van der Waals surface area contributed by atoms with Crippen LogP contribution in [0.15, 0.2) is 61.1 Å². The van der Waals surface area contributed by atoms with Gasteiger partial charge in [0.25, 0.3) is 5.91 Å². The number of fused-ring (bicyclic) bond motifs is 2. The van der Waals surface area contributed by atoms with Crippen LogP contribution in [-0.2, 0) is 20.9 Å². The SMILES string of the molecule is O=C1CCC(N2Cc3c(NC4CCCC(CCCC(=O)N5CCC(n6cc(-c7cnc8ccccc8n7)cn6)CC5)C4)cccc3C2=O)C(=O)N1. The average Bonchev–Trinajstić information content (AvgIpc) is 3.78. The highest BCUT2D eigenvalue weighted by Gasteiger charge is 2.40. The zero-order valence-electron chi connectivity index (χ0n) is 28.8. The average molecular weight is 689 g/mol. The number of para-hydroxylation sites is 2. The van der Waals surface area contributed by atoms with Gasteiger partial charge in [0.05, 0.1) is 35.2 Å². The number of rotatable bonds is 9. The summed E-state index contributed by atoms with van der Waals surface area (Å²) in [5.74, 6) is -0.0293. The van der Waals surface area contributed by atoms with Gasteiger partial charge in [0.1, 0.15) is 6.04 Å². The van der Waals surface area contributed by atoms with Crippen LogP contribution in [0.25, 0.3) is 22.3 Å². The molecule has 4 amide bonds. The number of benzene rings is 2. The number of nitrogens with zero attached hydrogens (tertiary/aromatic N) is 6. The van der Waals surface area contributed by atoms with Crippen LogP contribution >= 0.6 is 0 Å². The molecule has 0 spiro atoms. The van der Waals surface area contributed by atoms with Crippen molar-refractivity contribution in [3.8, 4) is 11.3 Å². The number of hydrogen-bond donors (Lipinski definition) is 2. The lowest BCUT2D eigenvalue weighted by Gasteiger charge is -2.33. The van der Waals surface area contributed by atoms with E-state index >= 15 is 0 Å². The van der Waals surface area contributed by atoms with Gasteiger partial charge in [-0.1, -0.05) is 31.0 Å². The van der Waals surface area contributed by atoms with Crippen molar-refractivity contribution in [1.82, 2.24) is 34.9 Å². The number of aromatic nitrogens is 4. The van der Waals surface area contributed by atoms with Crippen LogP contribution in [0.1, 0.15) is 92.6 Å². The highest BCUT2D eigenvalue weighted by atomic mass is 16.2.